The largest absolute Gasteiger partial charge is 0.416 e. The maximum atomic E-state index is 13.4. The second-order valence-corrected chi connectivity index (χ2v) is 11.8. The minimum Gasteiger partial charge on any atom is -0.390 e. The number of likely N-dealkylation sites (N-methyl/N-ethyl adjacent to an activating group) is 1. The highest BCUT2D eigenvalue weighted by Crippen LogP contribution is 2.38. The zero-order chi connectivity index (χ0) is 27.6. The summed E-state index contributed by atoms with van der Waals surface area (Å²) < 4.78 is 42.0. The summed E-state index contributed by atoms with van der Waals surface area (Å²) in [6, 6.07) is 4.01. The number of aryl methyl sites for hydroxylation is 1. The number of benzene rings is 1. The zero-order valence-corrected chi connectivity index (χ0v) is 23.2. The monoisotopic (exact) mass is 538 g/mol. The summed E-state index contributed by atoms with van der Waals surface area (Å²) in [7, 11) is 1.76. The third-order valence-electron chi connectivity index (χ3n) is 6.47. The van der Waals surface area contributed by atoms with E-state index in [0.717, 1.165) is 37.7 Å². The van der Waals surface area contributed by atoms with Crippen molar-refractivity contribution in [3.8, 4) is 0 Å². The maximum Gasteiger partial charge on any atom is 0.416 e. The minimum absolute atomic E-state index is 0.174. The van der Waals surface area contributed by atoms with E-state index >= 15 is 0 Å². The number of allylic oxidation sites excluding steroid dienone is 5. The second-order valence-electron chi connectivity index (χ2n) is 10.5. The number of β-amino-alcohol motifs (C(OH)–C–C–N with tert-alkyl or cyclic N) is 1. The molecular weight excluding hydrogens is 497 g/mol. The van der Waals surface area contributed by atoms with Crippen molar-refractivity contribution in [2.24, 2.45) is 5.92 Å². The van der Waals surface area contributed by atoms with Crippen LogP contribution in [0.2, 0.25) is 0 Å². The number of aliphatic hydroxyl groups is 1. The first-order chi connectivity index (χ1) is 17.4. The van der Waals surface area contributed by atoms with Gasteiger partial charge in [-0.2, -0.15) is 13.2 Å². The van der Waals surface area contributed by atoms with Crippen LogP contribution in [0.3, 0.4) is 0 Å². The van der Waals surface area contributed by atoms with Crippen molar-refractivity contribution >= 4 is 18.2 Å². The number of hydrogen-bond donors (Lipinski definition) is 2. The molecule has 206 valence electrons. The summed E-state index contributed by atoms with van der Waals surface area (Å²) in [6.45, 7) is 10.9. The third-order valence-corrected chi connectivity index (χ3v) is 7.38. The molecule has 0 saturated heterocycles. The predicted octanol–water partition coefficient (Wildman–Crippen LogP) is 6.75. The molecule has 0 fully saturated rings. The van der Waals surface area contributed by atoms with Gasteiger partial charge in [0.25, 0.3) is 0 Å². The standard InChI is InChI=1S/C29H41F3N2O2S/c1-6-10-24-14-22(13-23(24)7-2)18-28(3,4)33-19-26(36)20-34(5)37-27-16-21(11-8-9-12-35)15-25(17-27)29(30,31)32/h6-7,10,12,15-17,22,26,33,36H,2,8-9,11,13-14,18-20H2,1,3-5H3/b10-6-. The molecule has 0 spiro atoms. The molecule has 37 heavy (non-hydrogen) atoms. The van der Waals surface area contributed by atoms with Crippen molar-refractivity contribution in [1.82, 2.24) is 9.62 Å². The van der Waals surface area contributed by atoms with Crippen LogP contribution in [-0.2, 0) is 17.4 Å². The van der Waals surface area contributed by atoms with Gasteiger partial charge in [-0.05, 0) is 113 Å². The lowest BCUT2D eigenvalue weighted by molar-refractivity contribution is -0.137. The van der Waals surface area contributed by atoms with Crippen LogP contribution in [0.15, 0.2) is 59.0 Å². The van der Waals surface area contributed by atoms with Gasteiger partial charge in [0.15, 0.2) is 0 Å². The number of carbonyl (C=O) groups is 1. The molecule has 1 aromatic carbocycles. The van der Waals surface area contributed by atoms with Gasteiger partial charge >= 0.3 is 6.18 Å². The highest BCUT2D eigenvalue weighted by Gasteiger charge is 2.32. The van der Waals surface area contributed by atoms with E-state index in [-0.39, 0.29) is 5.54 Å². The quantitative estimate of drug-likeness (QED) is 0.147. The van der Waals surface area contributed by atoms with Gasteiger partial charge in [-0.3, -0.25) is 0 Å². The molecule has 2 N–H and O–H groups in total. The van der Waals surface area contributed by atoms with Crippen LogP contribution in [0.25, 0.3) is 0 Å². The Morgan fingerprint density at radius 2 is 1.95 bits per heavy atom. The fourth-order valence-corrected chi connectivity index (χ4v) is 5.86. The van der Waals surface area contributed by atoms with E-state index in [0.29, 0.717) is 48.7 Å². The van der Waals surface area contributed by atoms with Crippen molar-refractivity contribution in [1.29, 1.82) is 0 Å². The van der Waals surface area contributed by atoms with E-state index in [1.165, 1.54) is 23.1 Å². The molecule has 4 nitrogen and oxygen atoms in total. The van der Waals surface area contributed by atoms with E-state index in [4.69, 9.17) is 0 Å². The molecule has 0 heterocycles. The van der Waals surface area contributed by atoms with Gasteiger partial charge in [0.05, 0.1) is 11.7 Å². The van der Waals surface area contributed by atoms with Gasteiger partial charge in [0, 0.05) is 29.9 Å². The van der Waals surface area contributed by atoms with E-state index in [1.807, 2.05) is 13.0 Å². The molecule has 2 atom stereocenters. The van der Waals surface area contributed by atoms with Crippen LogP contribution >= 0.6 is 11.9 Å². The highest BCUT2D eigenvalue weighted by molar-refractivity contribution is 7.97. The first kappa shape index (κ1) is 31.3. The van der Waals surface area contributed by atoms with Crippen LogP contribution in [0.4, 0.5) is 13.2 Å². The van der Waals surface area contributed by atoms with Gasteiger partial charge in [-0.15, -0.1) is 0 Å². The Bertz CT molecular complexity index is 972. The minimum atomic E-state index is -4.45. The molecule has 1 aromatic rings. The summed E-state index contributed by atoms with van der Waals surface area (Å²) in [5.41, 5.74) is 2.33. The lowest BCUT2D eigenvalue weighted by Gasteiger charge is -2.31. The Balaban J connectivity index is 1.90. The fourth-order valence-electron chi connectivity index (χ4n) is 4.87. The third kappa shape index (κ3) is 10.8. The number of alkyl halides is 3. The lowest BCUT2D eigenvalue weighted by Crippen LogP contribution is -2.46. The predicted molar refractivity (Wildman–Crippen MR) is 146 cm³/mol. The molecule has 0 bridgehead atoms. The lowest BCUT2D eigenvalue weighted by atomic mass is 9.88. The number of nitrogens with one attached hydrogen (secondary N) is 1. The molecule has 0 saturated carbocycles. The van der Waals surface area contributed by atoms with Crippen LogP contribution < -0.4 is 5.32 Å². The Morgan fingerprint density at radius 3 is 2.57 bits per heavy atom. The Kier molecular flexibility index (Phi) is 12.1. The zero-order valence-electron chi connectivity index (χ0n) is 22.4. The average Bonchev–Trinajstić information content (AvgIpc) is 3.18. The van der Waals surface area contributed by atoms with Crippen molar-refractivity contribution in [2.45, 2.75) is 82.0 Å². The van der Waals surface area contributed by atoms with E-state index < -0.39 is 17.8 Å². The number of carbonyl (C=O) groups excluding carboxylic acids is 1. The molecule has 0 aromatic heterocycles. The molecule has 2 rings (SSSR count). The topological polar surface area (TPSA) is 52.6 Å². The summed E-state index contributed by atoms with van der Waals surface area (Å²) in [5.74, 6) is 0.513. The number of rotatable bonds is 15. The maximum absolute atomic E-state index is 13.4. The molecule has 0 amide bonds. The number of aldehydes is 1. The van der Waals surface area contributed by atoms with Crippen LogP contribution in [0, 0.1) is 5.92 Å². The highest BCUT2D eigenvalue weighted by atomic mass is 32.2. The Labute approximate surface area is 224 Å². The molecule has 2 unspecified atom stereocenters. The van der Waals surface area contributed by atoms with Gasteiger partial charge in [0.1, 0.15) is 6.29 Å². The van der Waals surface area contributed by atoms with Crippen molar-refractivity contribution < 1.29 is 23.1 Å². The number of hydrogen-bond acceptors (Lipinski definition) is 5. The van der Waals surface area contributed by atoms with Gasteiger partial charge < -0.3 is 15.2 Å². The van der Waals surface area contributed by atoms with E-state index in [2.05, 4.69) is 37.9 Å². The SMILES string of the molecule is C=CC1=C(/C=C\C)CC(CC(C)(C)NCC(O)CN(C)Sc2cc(CCCC=O)cc(C(F)(F)F)c2)C1. The van der Waals surface area contributed by atoms with Gasteiger partial charge in [0.2, 0.25) is 0 Å². The number of halogens is 3. The van der Waals surface area contributed by atoms with Gasteiger partial charge in [-0.25, -0.2) is 4.31 Å². The molecule has 0 radical (unpaired) electrons. The second kappa shape index (κ2) is 14.3. The van der Waals surface area contributed by atoms with Crippen molar-refractivity contribution in [2.75, 3.05) is 20.1 Å². The van der Waals surface area contributed by atoms with Gasteiger partial charge in [-0.1, -0.05) is 24.8 Å². The molecular formula is C29H41F3N2O2S. The van der Waals surface area contributed by atoms with Crippen molar-refractivity contribution in [3.05, 3.63) is 65.3 Å². The summed E-state index contributed by atoms with van der Waals surface area (Å²) in [5, 5.41) is 14.1. The fraction of sp³-hybridized carbons (Fsp3) is 0.552. The summed E-state index contributed by atoms with van der Waals surface area (Å²) in [6.07, 6.45) is 6.03. The molecule has 8 heteroatoms. The first-order valence-corrected chi connectivity index (χ1v) is 13.6. The van der Waals surface area contributed by atoms with E-state index in [9.17, 15) is 23.1 Å². The van der Waals surface area contributed by atoms with Crippen LogP contribution in [0.5, 0.6) is 0 Å². The summed E-state index contributed by atoms with van der Waals surface area (Å²) >= 11 is 1.18. The number of nitrogens with zero attached hydrogens (tertiary/aromatic N) is 1. The van der Waals surface area contributed by atoms with E-state index in [1.54, 1.807) is 17.4 Å². The molecule has 1 aliphatic rings. The summed E-state index contributed by atoms with van der Waals surface area (Å²) in [4.78, 5) is 11.0. The molecule has 1 aliphatic carbocycles. The van der Waals surface area contributed by atoms with Crippen LogP contribution in [0.1, 0.15) is 64.0 Å². The smallest absolute Gasteiger partial charge is 0.390 e. The normalized spacial score (nSPS) is 17.7. The Morgan fingerprint density at radius 1 is 1.24 bits per heavy atom. The Hall–Kier alpha value is -1.87. The van der Waals surface area contributed by atoms with Crippen molar-refractivity contribution in [3.63, 3.8) is 0 Å². The number of unbranched alkanes of at least 4 members (excludes halogenated alkanes) is 1. The first-order valence-electron chi connectivity index (χ1n) is 12.8. The molecule has 0 aliphatic heterocycles. The average molecular weight is 539 g/mol. The number of aliphatic hydroxyl groups excluding tert-OH is 1. The van der Waals surface area contributed by atoms with Crippen LogP contribution in [-0.4, -0.2) is 47.5 Å².